The summed E-state index contributed by atoms with van der Waals surface area (Å²) in [5.41, 5.74) is 13.9. The van der Waals surface area contributed by atoms with E-state index in [9.17, 15) is 9.59 Å². The number of carboxylic acids is 1. The summed E-state index contributed by atoms with van der Waals surface area (Å²) in [6, 6.07) is 17.5. The molecule has 3 aromatic rings. The molecule has 1 aromatic heterocycles. The van der Waals surface area contributed by atoms with E-state index in [-0.39, 0.29) is 5.76 Å². The van der Waals surface area contributed by atoms with Gasteiger partial charge in [-0.2, -0.15) is 0 Å². The fourth-order valence-electron chi connectivity index (χ4n) is 2.06. The van der Waals surface area contributed by atoms with Gasteiger partial charge in [0.15, 0.2) is 0 Å². The summed E-state index contributed by atoms with van der Waals surface area (Å²) in [5.74, 6) is -1.49. The maximum absolute atomic E-state index is 11.3. The Morgan fingerprint density at radius 3 is 2.25 bits per heavy atom. The lowest BCUT2D eigenvalue weighted by molar-refractivity contribution is 0.0662. The molecule has 0 aliphatic carbocycles. The molecule has 0 saturated heterocycles. The molecule has 6 heteroatoms. The second-order valence-electron chi connectivity index (χ2n) is 4.82. The number of furan rings is 1. The summed E-state index contributed by atoms with van der Waals surface area (Å²) in [4.78, 5) is 21.2. The first-order valence-electron chi connectivity index (χ1n) is 7.00. The normalized spacial score (nSPS) is 9.67. The van der Waals surface area contributed by atoms with Crippen LogP contribution in [0.25, 0.3) is 11.1 Å². The molecule has 6 nitrogen and oxygen atoms in total. The summed E-state index contributed by atoms with van der Waals surface area (Å²) >= 11 is 0. The molecule has 0 saturated carbocycles. The maximum atomic E-state index is 11.3. The number of benzene rings is 2. The molecule has 1 amide bonds. The lowest BCUT2D eigenvalue weighted by Gasteiger charge is -2.07. The highest BCUT2D eigenvalue weighted by atomic mass is 16.4. The summed E-state index contributed by atoms with van der Waals surface area (Å²) < 4.78 is 4.50. The number of anilines is 1. The van der Waals surface area contributed by atoms with Gasteiger partial charge in [-0.25, -0.2) is 4.79 Å². The number of nitrogens with two attached hydrogens (primary N) is 2. The molecule has 0 atom stereocenters. The Kier molecular flexibility index (Phi) is 5.36. The predicted molar refractivity (Wildman–Crippen MR) is 90.5 cm³/mol. The van der Waals surface area contributed by atoms with E-state index in [1.165, 1.54) is 18.4 Å². The smallest absolute Gasteiger partial charge is 0.371 e. The van der Waals surface area contributed by atoms with Gasteiger partial charge >= 0.3 is 5.97 Å². The number of carbonyl (C=O) groups excluding carboxylic acids is 1. The Bertz CT molecular complexity index is 842. The van der Waals surface area contributed by atoms with Crippen LogP contribution >= 0.6 is 0 Å². The second-order valence-corrected chi connectivity index (χ2v) is 4.82. The van der Waals surface area contributed by atoms with Crippen LogP contribution in [0.5, 0.6) is 0 Å². The average Bonchev–Trinajstić information content (AvgIpc) is 3.10. The topological polar surface area (TPSA) is 120 Å². The molecule has 1 heterocycles. The van der Waals surface area contributed by atoms with Gasteiger partial charge in [0.1, 0.15) is 0 Å². The number of amides is 1. The van der Waals surface area contributed by atoms with E-state index in [0.717, 1.165) is 11.1 Å². The van der Waals surface area contributed by atoms with E-state index in [1.54, 1.807) is 18.2 Å². The zero-order valence-corrected chi connectivity index (χ0v) is 12.7. The van der Waals surface area contributed by atoms with Gasteiger partial charge in [-0.05, 0) is 41.5 Å². The number of nitrogen functional groups attached to an aromatic ring is 1. The zero-order chi connectivity index (χ0) is 17.5. The van der Waals surface area contributed by atoms with Gasteiger partial charge in [0.05, 0.1) is 6.26 Å². The van der Waals surface area contributed by atoms with Crippen molar-refractivity contribution in [2.45, 2.75) is 0 Å². The summed E-state index contributed by atoms with van der Waals surface area (Å²) in [5, 5.41) is 8.18. The van der Waals surface area contributed by atoms with Gasteiger partial charge in [-0.3, -0.25) is 4.79 Å². The highest BCUT2D eigenvalue weighted by Gasteiger charge is 2.08. The van der Waals surface area contributed by atoms with Crippen molar-refractivity contribution in [1.82, 2.24) is 0 Å². The minimum absolute atomic E-state index is 0.0231. The van der Waals surface area contributed by atoms with E-state index in [1.807, 2.05) is 30.3 Å². The molecular formula is C18H16N2O4. The van der Waals surface area contributed by atoms with Crippen LogP contribution in [-0.4, -0.2) is 17.0 Å². The Morgan fingerprint density at radius 2 is 1.71 bits per heavy atom. The number of carbonyl (C=O) groups is 2. The van der Waals surface area contributed by atoms with Gasteiger partial charge in [0.25, 0.3) is 0 Å². The molecule has 3 rings (SSSR count). The third-order valence-corrected chi connectivity index (χ3v) is 3.12. The van der Waals surface area contributed by atoms with Gasteiger partial charge in [0.2, 0.25) is 11.7 Å². The summed E-state index contributed by atoms with van der Waals surface area (Å²) in [6.07, 6.45) is 1.32. The largest absolute Gasteiger partial charge is 0.475 e. The van der Waals surface area contributed by atoms with Gasteiger partial charge in [-0.15, -0.1) is 0 Å². The van der Waals surface area contributed by atoms with E-state index < -0.39 is 11.9 Å². The van der Waals surface area contributed by atoms with Crippen molar-refractivity contribution in [3.05, 3.63) is 78.3 Å². The minimum Gasteiger partial charge on any atom is -0.475 e. The molecule has 0 bridgehead atoms. The van der Waals surface area contributed by atoms with Crippen molar-refractivity contribution in [2.75, 3.05) is 5.73 Å². The number of rotatable bonds is 3. The Labute approximate surface area is 138 Å². The lowest BCUT2D eigenvalue weighted by atomic mass is 9.99. The fraction of sp³-hybridized carbons (Fsp3) is 0. The predicted octanol–water partition coefficient (Wildman–Crippen LogP) is 3.01. The average molecular weight is 324 g/mol. The maximum Gasteiger partial charge on any atom is 0.371 e. The van der Waals surface area contributed by atoms with Crippen LogP contribution in [0.1, 0.15) is 20.9 Å². The minimum atomic E-state index is -1.03. The van der Waals surface area contributed by atoms with E-state index in [0.29, 0.717) is 11.3 Å². The number of hydrogen-bond acceptors (Lipinski definition) is 4. The lowest BCUT2D eigenvalue weighted by Crippen LogP contribution is -2.12. The van der Waals surface area contributed by atoms with Gasteiger partial charge in [-0.1, -0.05) is 30.3 Å². The van der Waals surface area contributed by atoms with Crippen LogP contribution in [-0.2, 0) is 0 Å². The second kappa shape index (κ2) is 7.64. The molecule has 5 N–H and O–H groups in total. The van der Waals surface area contributed by atoms with Crippen molar-refractivity contribution in [2.24, 2.45) is 5.73 Å². The van der Waals surface area contributed by atoms with Crippen LogP contribution in [0.15, 0.2) is 71.3 Å². The number of hydrogen-bond donors (Lipinski definition) is 3. The van der Waals surface area contributed by atoms with Crippen molar-refractivity contribution in [1.29, 1.82) is 0 Å². The zero-order valence-electron chi connectivity index (χ0n) is 12.7. The first-order valence-corrected chi connectivity index (χ1v) is 7.00. The standard InChI is InChI=1S/C13H12N2O.C5H4O3/c14-10-5-3-4-9(8-10)11-6-1-2-7-12(11)13(15)16;6-5(7)4-2-1-3-8-4/h1-8H,14H2,(H2,15,16);1-3H,(H,6,7). The van der Waals surface area contributed by atoms with Crippen molar-refractivity contribution >= 4 is 17.6 Å². The molecular weight excluding hydrogens is 308 g/mol. The summed E-state index contributed by atoms with van der Waals surface area (Å²) in [6.45, 7) is 0. The Hall–Kier alpha value is -3.54. The molecule has 0 fully saturated rings. The third kappa shape index (κ3) is 4.23. The third-order valence-electron chi connectivity index (χ3n) is 3.12. The van der Waals surface area contributed by atoms with Gasteiger partial charge < -0.3 is 21.0 Å². The molecule has 0 radical (unpaired) electrons. The Morgan fingerprint density at radius 1 is 0.958 bits per heavy atom. The van der Waals surface area contributed by atoms with Crippen LogP contribution in [0.3, 0.4) is 0 Å². The first kappa shape index (κ1) is 16.8. The van der Waals surface area contributed by atoms with Crippen molar-refractivity contribution in [3.63, 3.8) is 0 Å². The molecule has 24 heavy (non-hydrogen) atoms. The monoisotopic (exact) mass is 324 g/mol. The SMILES string of the molecule is NC(=O)c1ccccc1-c1cccc(N)c1.O=C(O)c1ccco1. The van der Waals surface area contributed by atoms with Crippen LogP contribution in [0, 0.1) is 0 Å². The number of primary amides is 1. The Balaban J connectivity index is 0.000000219. The highest BCUT2D eigenvalue weighted by molar-refractivity contribution is 6.00. The molecule has 0 unspecified atom stereocenters. The number of aromatic carboxylic acids is 1. The van der Waals surface area contributed by atoms with E-state index in [2.05, 4.69) is 4.42 Å². The van der Waals surface area contributed by atoms with Crippen LogP contribution < -0.4 is 11.5 Å². The molecule has 0 spiro atoms. The summed E-state index contributed by atoms with van der Waals surface area (Å²) in [7, 11) is 0. The quantitative estimate of drug-likeness (QED) is 0.640. The fourth-order valence-corrected chi connectivity index (χ4v) is 2.06. The van der Waals surface area contributed by atoms with Gasteiger partial charge in [0, 0.05) is 11.3 Å². The molecule has 0 aliphatic heterocycles. The highest BCUT2D eigenvalue weighted by Crippen LogP contribution is 2.24. The van der Waals surface area contributed by atoms with E-state index in [4.69, 9.17) is 16.6 Å². The molecule has 2 aromatic carbocycles. The van der Waals surface area contributed by atoms with Crippen molar-refractivity contribution in [3.8, 4) is 11.1 Å². The molecule has 0 aliphatic rings. The number of carboxylic acid groups (broad SMARTS) is 1. The molecule has 122 valence electrons. The van der Waals surface area contributed by atoms with Crippen LogP contribution in [0.4, 0.5) is 5.69 Å². The van der Waals surface area contributed by atoms with E-state index >= 15 is 0 Å². The van der Waals surface area contributed by atoms with Crippen molar-refractivity contribution < 1.29 is 19.1 Å². The van der Waals surface area contributed by atoms with Crippen LogP contribution in [0.2, 0.25) is 0 Å². The first-order chi connectivity index (χ1) is 11.5.